The molecule has 0 radical (unpaired) electrons. The molecule has 11 nitrogen and oxygen atoms in total. The van der Waals surface area contributed by atoms with Gasteiger partial charge in [-0.2, -0.15) is 5.11 Å². The molecule has 1 atom stereocenters. The molecule has 202 valence electrons. The third-order valence-corrected chi connectivity index (χ3v) is 7.77. The van der Waals surface area contributed by atoms with E-state index in [4.69, 9.17) is 4.74 Å². The summed E-state index contributed by atoms with van der Waals surface area (Å²) in [6, 6.07) is 1.79. The molecule has 0 saturated carbocycles. The summed E-state index contributed by atoms with van der Waals surface area (Å²) in [5, 5.41) is 12.5. The lowest BCUT2D eigenvalue weighted by Gasteiger charge is -2.32. The van der Waals surface area contributed by atoms with Gasteiger partial charge in [-0.05, 0) is 31.4 Å². The van der Waals surface area contributed by atoms with Crippen LogP contribution >= 0.6 is 0 Å². The van der Waals surface area contributed by atoms with Crippen LogP contribution in [-0.2, 0) is 14.8 Å². The summed E-state index contributed by atoms with van der Waals surface area (Å²) >= 11 is 0. The molecule has 1 aromatic heterocycles. The third-order valence-electron chi connectivity index (χ3n) is 6.30. The number of sulfonamides is 1. The van der Waals surface area contributed by atoms with Gasteiger partial charge >= 0.3 is 0 Å². The first kappa shape index (κ1) is 27.1. The molecule has 37 heavy (non-hydrogen) atoms. The minimum atomic E-state index is -3.75. The molecule has 4 rings (SSSR count). The van der Waals surface area contributed by atoms with Crippen LogP contribution < -0.4 is 15.0 Å². The molecule has 2 aliphatic heterocycles. The standard InChI is InChI=1S/C23H32F2N8O3S/c1-3-12-37(34,35)30-19-5-4-18(24)22(21(19)25)33-15-20(29-31-33)16-13-26-23(27-14-16)28-17-6-8-32(9-7-17)10-11-36-2/h4-5,13-14,17,20,30H,3,6-12,15H2,1-2H3,(H,26,27,28). The van der Waals surface area contributed by atoms with Gasteiger partial charge in [0.2, 0.25) is 16.0 Å². The number of hydrogen-bond acceptors (Lipinski definition) is 10. The Hall–Kier alpha value is -2.97. The van der Waals surface area contributed by atoms with Gasteiger partial charge in [-0.25, -0.2) is 32.2 Å². The third kappa shape index (κ3) is 6.87. The number of benzene rings is 1. The Kier molecular flexibility index (Phi) is 8.82. The first-order chi connectivity index (χ1) is 17.8. The predicted octanol–water partition coefficient (Wildman–Crippen LogP) is 3.36. The van der Waals surface area contributed by atoms with Crippen LogP contribution in [-0.4, -0.2) is 75.0 Å². The second-order valence-corrected chi connectivity index (χ2v) is 10.9. The highest BCUT2D eigenvalue weighted by Gasteiger charge is 2.29. The van der Waals surface area contributed by atoms with Crippen molar-refractivity contribution >= 4 is 27.3 Å². The van der Waals surface area contributed by atoms with Gasteiger partial charge in [0.25, 0.3) is 0 Å². The number of anilines is 3. The normalized spacial score (nSPS) is 18.9. The highest BCUT2D eigenvalue weighted by atomic mass is 32.2. The zero-order valence-corrected chi connectivity index (χ0v) is 21.7. The van der Waals surface area contributed by atoms with Crippen molar-refractivity contribution in [3.8, 4) is 0 Å². The Morgan fingerprint density at radius 2 is 1.89 bits per heavy atom. The summed E-state index contributed by atoms with van der Waals surface area (Å²) in [6.07, 6.45) is 5.56. The number of nitrogens with zero attached hydrogens (tertiary/aromatic N) is 6. The molecule has 2 N–H and O–H groups in total. The molecule has 2 aliphatic rings. The fourth-order valence-electron chi connectivity index (χ4n) is 4.30. The van der Waals surface area contributed by atoms with E-state index in [1.54, 1.807) is 26.4 Å². The van der Waals surface area contributed by atoms with E-state index in [2.05, 4.69) is 35.2 Å². The number of methoxy groups -OCH3 is 1. The van der Waals surface area contributed by atoms with Crippen molar-refractivity contribution in [3.05, 3.63) is 41.7 Å². The number of halogens is 2. The van der Waals surface area contributed by atoms with Crippen molar-refractivity contribution in [2.24, 2.45) is 10.3 Å². The molecule has 0 aliphatic carbocycles. The summed E-state index contributed by atoms with van der Waals surface area (Å²) in [5.74, 6) is -1.60. The van der Waals surface area contributed by atoms with E-state index >= 15 is 4.39 Å². The van der Waals surface area contributed by atoms with E-state index in [-0.39, 0.29) is 24.0 Å². The van der Waals surface area contributed by atoms with E-state index in [0.717, 1.165) is 56.2 Å². The molecule has 2 aromatic rings. The van der Waals surface area contributed by atoms with Gasteiger partial charge in [0.05, 0.1) is 24.6 Å². The summed E-state index contributed by atoms with van der Waals surface area (Å²) < 4.78 is 61.1. The van der Waals surface area contributed by atoms with Crippen LogP contribution in [0.1, 0.15) is 37.8 Å². The Morgan fingerprint density at radius 1 is 1.16 bits per heavy atom. The van der Waals surface area contributed by atoms with Gasteiger partial charge in [0, 0.05) is 50.7 Å². The zero-order chi connectivity index (χ0) is 26.4. The molecule has 1 unspecified atom stereocenters. The molecular weight excluding hydrogens is 506 g/mol. The Labute approximate surface area is 215 Å². The van der Waals surface area contributed by atoms with Gasteiger partial charge in [-0.1, -0.05) is 12.1 Å². The zero-order valence-electron chi connectivity index (χ0n) is 20.9. The Morgan fingerprint density at radius 3 is 2.57 bits per heavy atom. The van der Waals surface area contributed by atoms with Crippen molar-refractivity contribution in [2.75, 3.05) is 60.7 Å². The number of nitrogens with one attached hydrogen (secondary N) is 2. The molecule has 14 heteroatoms. The monoisotopic (exact) mass is 538 g/mol. The maximum Gasteiger partial charge on any atom is 0.232 e. The average Bonchev–Trinajstić information content (AvgIpc) is 3.35. The summed E-state index contributed by atoms with van der Waals surface area (Å²) in [7, 11) is -2.05. The first-order valence-corrected chi connectivity index (χ1v) is 13.9. The van der Waals surface area contributed by atoms with E-state index in [9.17, 15) is 12.8 Å². The molecule has 1 saturated heterocycles. The summed E-state index contributed by atoms with van der Waals surface area (Å²) in [5.41, 5.74) is -0.169. The maximum absolute atomic E-state index is 15.1. The number of hydrogen-bond donors (Lipinski definition) is 2. The summed E-state index contributed by atoms with van der Waals surface area (Å²) in [6.45, 7) is 5.35. The molecule has 3 heterocycles. The minimum Gasteiger partial charge on any atom is -0.383 e. The van der Waals surface area contributed by atoms with E-state index in [0.29, 0.717) is 17.9 Å². The number of likely N-dealkylation sites (tertiary alicyclic amines) is 1. The average molecular weight is 539 g/mol. The van der Waals surface area contributed by atoms with Crippen LogP contribution in [0.5, 0.6) is 0 Å². The van der Waals surface area contributed by atoms with Crippen LogP contribution in [0.25, 0.3) is 0 Å². The van der Waals surface area contributed by atoms with Crippen LogP contribution in [0.15, 0.2) is 34.9 Å². The van der Waals surface area contributed by atoms with Crippen LogP contribution in [0.4, 0.5) is 26.1 Å². The second-order valence-electron chi connectivity index (χ2n) is 9.07. The van der Waals surface area contributed by atoms with Crippen molar-refractivity contribution < 1.29 is 21.9 Å². The van der Waals surface area contributed by atoms with Crippen LogP contribution in [0, 0.1) is 11.6 Å². The molecule has 1 fully saturated rings. The topological polar surface area (TPSA) is 124 Å². The predicted molar refractivity (Wildman–Crippen MR) is 136 cm³/mol. The molecule has 0 spiro atoms. The summed E-state index contributed by atoms with van der Waals surface area (Å²) in [4.78, 5) is 11.1. The van der Waals surface area contributed by atoms with Gasteiger partial charge in [0.15, 0.2) is 11.6 Å². The quantitative estimate of drug-likeness (QED) is 0.446. The van der Waals surface area contributed by atoms with Gasteiger partial charge < -0.3 is 15.0 Å². The van der Waals surface area contributed by atoms with Gasteiger partial charge in [-0.3, -0.25) is 4.72 Å². The minimum absolute atomic E-state index is 0.0507. The Bertz CT molecular complexity index is 1190. The van der Waals surface area contributed by atoms with Crippen molar-refractivity contribution in [2.45, 2.75) is 38.3 Å². The highest BCUT2D eigenvalue weighted by molar-refractivity contribution is 7.92. The van der Waals surface area contributed by atoms with Crippen molar-refractivity contribution in [3.63, 3.8) is 0 Å². The Balaban J connectivity index is 1.36. The highest BCUT2D eigenvalue weighted by Crippen LogP contribution is 2.35. The SMILES string of the molecule is CCCS(=O)(=O)Nc1ccc(F)c(N2CC(c3cnc(NC4CCN(CCOC)CC4)nc3)N=N2)c1F. The lowest BCUT2D eigenvalue weighted by Crippen LogP contribution is -2.40. The molecule has 0 amide bonds. The smallest absolute Gasteiger partial charge is 0.232 e. The van der Waals surface area contributed by atoms with E-state index in [1.165, 1.54) is 0 Å². The number of rotatable bonds is 11. The maximum atomic E-state index is 15.1. The number of piperidine rings is 1. The van der Waals surface area contributed by atoms with E-state index < -0.39 is 33.4 Å². The molecule has 1 aromatic carbocycles. The van der Waals surface area contributed by atoms with Gasteiger partial charge in [-0.15, -0.1) is 0 Å². The van der Waals surface area contributed by atoms with Gasteiger partial charge in [0.1, 0.15) is 11.7 Å². The van der Waals surface area contributed by atoms with E-state index in [1.807, 2.05) is 0 Å². The molecular formula is C23H32F2N8O3S. The fraction of sp³-hybridized carbons (Fsp3) is 0.565. The second kappa shape index (κ2) is 12.0. The lowest BCUT2D eigenvalue weighted by molar-refractivity contribution is 0.132. The number of ether oxygens (including phenoxy) is 1. The molecule has 0 bridgehead atoms. The lowest BCUT2D eigenvalue weighted by atomic mass is 10.1. The number of aromatic nitrogens is 2. The first-order valence-electron chi connectivity index (χ1n) is 12.3. The van der Waals surface area contributed by atoms with Crippen molar-refractivity contribution in [1.29, 1.82) is 0 Å². The van der Waals surface area contributed by atoms with Crippen LogP contribution in [0.2, 0.25) is 0 Å². The van der Waals surface area contributed by atoms with Crippen LogP contribution in [0.3, 0.4) is 0 Å². The van der Waals surface area contributed by atoms with Crippen molar-refractivity contribution in [1.82, 2.24) is 14.9 Å². The fourth-order valence-corrected chi connectivity index (χ4v) is 5.43. The largest absolute Gasteiger partial charge is 0.383 e.